The lowest BCUT2D eigenvalue weighted by molar-refractivity contribution is 0.481. The van der Waals surface area contributed by atoms with Gasteiger partial charge in [-0.15, -0.1) is 0 Å². The fourth-order valence-electron chi connectivity index (χ4n) is 3.00. The molecule has 0 amide bonds. The lowest BCUT2D eigenvalue weighted by Crippen LogP contribution is -2.18. The smallest absolute Gasteiger partial charge is 0.109 e. The molecule has 1 N–H and O–H groups in total. The summed E-state index contributed by atoms with van der Waals surface area (Å²) < 4.78 is 0. The van der Waals surface area contributed by atoms with E-state index < -0.39 is 0 Å². The SMILES string of the molecule is CCCC(C)c1nc(C(C)(C)CC)c(CCCCC(C)C)[nH]1. The van der Waals surface area contributed by atoms with Gasteiger partial charge in [0.15, 0.2) is 0 Å². The second kappa shape index (κ2) is 8.74. The maximum absolute atomic E-state index is 5.03. The van der Waals surface area contributed by atoms with Crippen LogP contribution in [0.25, 0.3) is 0 Å². The molecule has 0 saturated heterocycles. The Kier molecular flexibility index (Phi) is 7.65. The van der Waals surface area contributed by atoms with Gasteiger partial charge in [-0.2, -0.15) is 0 Å². The van der Waals surface area contributed by atoms with E-state index in [9.17, 15) is 0 Å². The van der Waals surface area contributed by atoms with Crippen molar-refractivity contribution < 1.29 is 0 Å². The summed E-state index contributed by atoms with van der Waals surface area (Å²) in [5, 5.41) is 0. The fourth-order valence-corrected chi connectivity index (χ4v) is 3.00. The van der Waals surface area contributed by atoms with Gasteiger partial charge < -0.3 is 4.98 Å². The molecule has 1 atom stereocenters. The highest BCUT2D eigenvalue weighted by molar-refractivity contribution is 5.24. The zero-order valence-corrected chi connectivity index (χ0v) is 16.1. The fraction of sp³-hybridized carbons (Fsp3) is 0.850. The Labute approximate surface area is 138 Å². The monoisotopic (exact) mass is 306 g/mol. The largest absolute Gasteiger partial charge is 0.345 e. The van der Waals surface area contributed by atoms with Crippen molar-refractivity contribution in [2.75, 3.05) is 0 Å². The molecule has 22 heavy (non-hydrogen) atoms. The summed E-state index contributed by atoms with van der Waals surface area (Å²) in [6.45, 7) is 16.1. The number of aromatic nitrogens is 2. The van der Waals surface area contributed by atoms with Crippen molar-refractivity contribution in [3.05, 3.63) is 17.2 Å². The Morgan fingerprint density at radius 2 is 1.73 bits per heavy atom. The minimum absolute atomic E-state index is 0.175. The van der Waals surface area contributed by atoms with Crippen LogP contribution in [0.5, 0.6) is 0 Å². The number of hydrogen-bond acceptors (Lipinski definition) is 1. The summed E-state index contributed by atoms with van der Waals surface area (Å²) in [7, 11) is 0. The Morgan fingerprint density at radius 3 is 2.27 bits per heavy atom. The van der Waals surface area contributed by atoms with Crippen molar-refractivity contribution in [2.45, 2.75) is 105 Å². The van der Waals surface area contributed by atoms with Crippen molar-refractivity contribution in [2.24, 2.45) is 5.92 Å². The Balaban J connectivity index is 2.87. The first kappa shape index (κ1) is 19.3. The minimum atomic E-state index is 0.175. The lowest BCUT2D eigenvalue weighted by atomic mass is 9.84. The molecule has 0 fully saturated rings. The number of aromatic amines is 1. The van der Waals surface area contributed by atoms with Crippen molar-refractivity contribution >= 4 is 0 Å². The van der Waals surface area contributed by atoms with Crippen LogP contribution >= 0.6 is 0 Å². The summed E-state index contributed by atoms with van der Waals surface area (Å²) in [6.07, 6.45) is 8.65. The van der Waals surface area contributed by atoms with E-state index in [2.05, 4.69) is 53.5 Å². The minimum Gasteiger partial charge on any atom is -0.345 e. The number of rotatable bonds is 10. The number of hydrogen-bond donors (Lipinski definition) is 1. The first-order valence-corrected chi connectivity index (χ1v) is 9.41. The molecule has 0 aliphatic heterocycles. The van der Waals surface area contributed by atoms with Crippen LogP contribution in [-0.2, 0) is 11.8 Å². The van der Waals surface area contributed by atoms with E-state index in [1.165, 1.54) is 49.3 Å². The average molecular weight is 307 g/mol. The van der Waals surface area contributed by atoms with Crippen LogP contribution in [0.4, 0.5) is 0 Å². The van der Waals surface area contributed by atoms with Crippen LogP contribution in [-0.4, -0.2) is 9.97 Å². The molecule has 0 aliphatic rings. The molecular weight excluding hydrogens is 268 g/mol. The molecule has 0 bridgehead atoms. The third-order valence-corrected chi connectivity index (χ3v) is 4.97. The number of nitrogens with zero attached hydrogens (tertiary/aromatic N) is 1. The summed E-state index contributed by atoms with van der Waals surface area (Å²) in [6, 6.07) is 0. The van der Waals surface area contributed by atoms with E-state index >= 15 is 0 Å². The molecule has 0 spiro atoms. The van der Waals surface area contributed by atoms with Crippen LogP contribution < -0.4 is 0 Å². The van der Waals surface area contributed by atoms with Gasteiger partial charge in [0, 0.05) is 17.0 Å². The number of imidazole rings is 1. The van der Waals surface area contributed by atoms with E-state index in [4.69, 9.17) is 4.98 Å². The molecule has 2 nitrogen and oxygen atoms in total. The number of aryl methyl sites for hydroxylation is 1. The third kappa shape index (κ3) is 5.44. The molecule has 128 valence electrons. The van der Waals surface area contributed by atoms with Crippen molar-refractivity contribution in [3.8, 4) is 0 Å². The van der Waals surface area contributed by atoms with Crippen molar-refractivity contribution in [1.29, 1.82) is 0 Å². The first-order chi connectivity index (χ1) is 10.3. The van der Waals surface area contributed by atoms with Crippen LogP contribution in [0.15, 0.2) is 0 Å². The maximum Gasteiger partial charge on any atom is 0.109 e. The van der Waals surface area contributed by atoms with Gasteiger partial charge in [0.05, 0.1) is 5.69 Å². The molecule has 1 rings (SSSR count). The zero-order valence-electron chi connectivity index (χ0n) is 16.1. The third-order valence-electron chi connectivity index (χ3n) is 4.97. The van der Waals surface area contributed by atoms with Gasteiger partial charge in [0.1, 0.15) is 5.82 Å². The lowest BCUT2D eigenvalue weighted by Gasteiger charge is -2.22. The second-order valence-electron chi connectivity index (χ2n) is 8.02. The van der Waals surface area contributed by atoms with Crippen LogP contribution in [0.1, 0.15) is 110 Å². The molecule has 2 heteroatoms. The van der Waals surface area contributed by atoms with Gasteiger partial charge in [-0.25, -0.2) is 4.98 Å². The molecule has 1 unspecified atom stereocenters. The van der Waals surface area contributed by atoms with E-state index in [1.807, 2.05) is 0 Å². The standard InChI is InChI=1S/C20H38N2/c1-8-12-16(5)19-21-17(14-11-10-13-15(3)4)18(22-19)20(6,7)9-2/h15-16H,8-14H2,1-7H3,(H,21,22). The van der Waals surface area contributed by atoms with Gasteiger partial charge in [-0.05, 0) is 31.6 Å². The summed E-state index contributed by atoms with van der Waals surface area (Å²) in [5.41, 5.74) is 2.89. The molecule has 1 aromatic rings. The molecular formula is C20H38N2. The average Bonchev–Trinajstić information content (AvgIpc) is 2.89. The van der Waals surface area contributed by atoms with E-state index in [1.54, 1.807) is 0 Å². The summed E-state index contributed by atoms with van der Waals surface area (Å²) in [5.74, 6) is 2.56. The molecule has 0 saturated carbocycles. The van der Waals surface area contributed by atoms with Crippen LogP contribution in [0.3, 0.4) is 0 Å². The maximum atomic E-state index is 5.03. The van der Waals surface area contributed by atoms with Crippen LogP contribution in [0.2, 0.25) is 0 Å². The summed E-state index contributed by atoms with van der Waals surface area (Å²) in [4.78, 5) is 8.71. The van der Waals surface area contributed by atoms with E-state index in [-0.39, 0.29) is 5.41 Å². The predicted octanol–water partition coefficient (Wildman–Crippen LogP) is 6.37. The van der Waals surface area contributed by atoms with Gasteiger partial charge in [-0.1, -0.05) is 67.7 Å². The van der Waals surface area contributed by atoms with Crippen molar-refractivity contribution in [3.63, 3.8) is 0 Å². The van der Waals surface area contributed by atoms with Gasteiger partial charge >= 0.3 is 0 Å². The second-order valence-corrected chi connectivity index (χ2v) is 8.02. The Morgan fingerprint density at radius 1 is 1.05 bits per heavy atom. The molecule has 0 aliphatic carbocycles. The highest BCUT2D eigenvalue weighted by atomic mass is 15.0. The molecule has 0 radical (unpaired) electrons. The number of H-pyrrole nitrogens is 1. The van der Waals surface area contributed by atoms with E-state index in [0.717, 1.165) is 18.8 Å². The normalized spacial score (nSPS) is 13.8. The molecule has 1 heterocycles. The summed E-state index contributed by atoms with van der Waals surface area (Å²) >= 11 is 0. The van der Waals surface area contributed by atoms with Gasteiger partial charge in [0.2, 0.25) is 0 Å². The first-order valence-electron chi connectivity index (χ1n) is 9.41. The number of nitrogens with one attached hydrogen (secondary N) is 1. The van der Waals surface area contributed by atoms with Gasteiger partial charge in [-0.3, -0.25) is 0 Å². The van der Waals surface area contributed by atoms with Crippen LogP contribution in [0, 0.1) is 5.92 Å². The Bertz CT molecular complexity index is 429. The number of unbranched alkanes of at least 4 members (excludes halogenated alkanes) is 1. The quantitative estimate of drug-likeness (QED) is 0.500. The van der Waals surface area contributed by atoms with E-state index in [0.29, 0.717) is 5.92 Å². The Hall–Kier alpha value is -0.790. The van der Waals surface area contributed by atoms with Gasteiger partial charge in [0.25, 0.3) is 0 Å². The van der Waals surface area contributed by atoms with Crippen molar-refractivity contribution in [1.82, 2.24) is 9.97 Å². The molecule has 1 aromatic heterocycles. The highest BCUT2D eigenvalue weighted by Gasteiger charge is 2.26. The molecule has 0 aromatic carbocycles. The topological polar surface area (TPSA) is 28.7 Å². The predicted molar refractivity (Wildman–Crippen MR) is 97.6 cm³/mol. The highest BCUT2D eigenvalue weighted by Crippen LogP contribution is 2.31. The zero-order chi connectivity index (χ0) is 16.8.